The van der Waals surface area contributed by atoms with Crippen LogP contribution in [0.3, 0.4) is 0 Å². The molecule has 0 amide bonds. The summed E-state index contributed by atoms with van der Waals surface area (Å²) in [6.45, 7) is 7.51. The van der Waals surface area contributed by atoms with E-state index in [2.05, 4.69) is 20.8 Å². The lowest BCUT2D eigenvalue weighted by Gasteiger charge is -2.28. The second kappa shape index (κ2) is 5.72. The standard InChI is InChI=1S/C8H19N.CH4/c1-4-8(5-2,6-3)7-9;/h4-7,9H2,1-3H3;1H4. The molecule has 0 atom stereocenters. The first-order chi connectivity index (χ1) is 4.24. The Morgan fingerprint density at radius 2 is 1.30 bits per heavy atom. The van der Waals surface area contributed by atoms with E-state index in [1.54, 1.807) is 0 Å². The van der Waals surface area contributed by atoms with E-state index in [1.807, 2.05) is 0 Å². The third-order valence-corrected chi connectivity index (χ3v) is 2.68. The van der Waals surface area contributed by atoms with Gasteiger partial charge in [-0.2, -0.15) is 0 Å². The quantitative estimate of drug-likeness (QED) is 0.646. The molecule has 0 rings (SSSR count). The van der Waals surface area contributed by atoms with Crippen molar-refractivity contribution >= 4 is 0 Å². The molecule has 0 aromatic heterocycles. The minimum Gasteiger partial charge on any atom is -0.330 e. The van der Waals surface area contributed by atoms with Crippen molar-refractivity contribution in [3.05, 3.63) is 0 Å². The highest BCUT2D eigenvalue weighted by atomic mass is 14.6. The average Bonchev–Trinajstić information content (AvgIpc) is 1.95. The molecule has 0 aliphatic heterocycles. The topological polar surface area (TPSA) is 26.0 Å². The molecule has 0 bridgehead atoms. The molecule has 0 spiro atoms. The van der Waals surface area contributed by atoms with Crippen LogP contribution in [0.1, 0.15) is 47.5 Å². The molecule has 0 aromatic rings. The number of nitrogens with two attached hydrogens (primary N) is 1. The van der Waals surface area contributed by atoms with Crippen LogP contribution in [0.15, 0.2) is 0 Å². The third-order valence-electron chi connectivity index (χ3n) is 2.68. The van der Waals surface area contributed by atoms with Gasteiger partial charge in [-0.05, 0) is 31.2 Å². The van der Waals surface area contributed by atoms with Crippen molar-refractivity contribution in [1.82, 2.24) is 0 Å². The largest absolute Gasteiger partial charge is 0.330 e. The van der Waals surface area contributed by atoms with E-state index in [0.717, 1.165) is 6.54 Å². The molecule has 0 unspecified atom stereocenters. The van der Waals surface area contributed by atoms with Crippen LogP contribution in [0.25, 0.3) is 0 Å². The van der Waals surface area contributed by atoms with Crippen LogP contribution in [-0.2, 0) is 0 Å². The average molecular weight is 145 g/mol. The molecular weight excluding hydrogens is 122 g/mol. The Bertz CT molecular complexity index is 47.6. The highest BCUT2D eigenvalue weighted by Crippen LogP contribution is 2.28. The predicted octanol–water partition coefficient (Wildman–Crippen LogP) is 2.80. The van der Waals surface area contributed by atoms with Crippen LogP contribution >= 0.6 is 0 Å². The van der Waals surface area contributed by atoms with E-state index < -0.39 is 0 Å². The van der Waals surface area contributed by atoms with Gasteiger partial charge >= 0.3 is 0 Å². The Balaban J connectivity index is 0. The SMILES string of the molecule is C.CCC(CC)(CC)CN. The van der Waals surface area contributed by atoms with Crippen molar-refractivity contribution in [1.29, 1.82) is 0 Å². The summed E-state index contributed by atoms with van der Waals surface area (Å²) in [5.74, 6) is 0. The van der Waals surface area contributed by atoms with Gasteiger partial charge in [0.1, 0.15) is 0 Å². The van der Waals surface area contributed by atoms with Crippen molar-refractivity contribution in [2.24, 2.45) is 11.1 Å². The maximum absolute atomic E-state index is 5.64. The summed E-state index contributed by atoms with van der Waals surface area (Å²) < 4.78 is 0. The highest BCUT2D eigenvalue weighted by Gasteiger charge is 2.20. The van der Waals surface area contributed by atoms with Crippen LogP contribution in [-0.4, -0.2) is 6.54 Å². The van der Waals surface area contributed by atoms with Crippen molar-refractivity contribution < 1.29 is 0 Å². The normalized spacial score (nSPS) is 10.8. The van der Waals surface area contributed by atoms with Crippen molar-refractivity contribution in [2.45, 2.75) is 47.5 Å². The highest BCUT2D eigenvalue weighted by molar-refractivity contribution is 4.74. The molecule has 0 aliphatic rings. The summed E-state index contributed by atoms with van der Waals surface area (Å²) in [5.41, 5.74) is 6.08. The second-order valence-corrected chi connectivity index (χ2v) is 2.76. The van der Waals surface area contributed by atoms with Gasteiger partial charge in [0.05, 0.1) is 0 Å². The number of hydrogen-bond donors (Lipinski definition) is 1. The fourth-order valence-electron chi connectivity index (χ4n) is 1.18. The van der Waals surface area contributed by atoms with Crippen LogP contribution in [0, 0.1) is 5.41 Å². The maximum atomic E-state index is 5.64. The zero-order valence-electron chi connectivity index (χ0n) is 6.91. The molecule has 0 heterocycles. The Morgan fingerprint density at radius 1 is 1.00 bits per heavy atom. The van der Waals surface area contributed by atoms with Gasteiger partial charge in [-0.3, -0.25) is 0 Å². The molecule has 0 saturated heterocycles. The second-order valence-electron chi connectivity index (χ2n) is 2.76. The van der Waals surface area contributed by atoms with Gasteiger partial charge in [0.15, 0.2) is 0 Å². The minimum absolute atomic E-state index is 0. The molecule has 10 heavy (non-hydrogen) atoms. The first-order valence-corrected chi connectivity index (χ1v) is 3.94. The smallest absolute Gasteiger partial charge is 0.00208 e. The van der Waals surface area contributed by atoms with E-state index in [0.29, 0.717) is 5.41 Å². The Morgan fingerprint density at radius 3 is 1.30 bits per heavy atom. The van der Waals surface area contributed by atoms with Crippen molar-refractivity contribution in [2.75, 3.05) is 6.54 Å². The zero-order chi connectivity index (χ0) is 7.33. The summed E-state index contributed by atoms with van der Waals surface area (Å²) in [5, 5.41) is 0. The van der Waals surface area contributed by atoms with E-state index in [9.17, 15) is 0 Å². The lowest BCUT2D eigenvalue weighted by molar-refractivity contribution is 0.262. The predicted molar refractivity (Wildman–Crippen MR) is 49.1 cm³/mol. The molecule has 64 valence electrons. The molecule has 0 saturated carbocycles. The summed E-state index contributed by atoms with van der Waals surface area (Å²) in [6, 6.07) is 0. The van der Waals surface area contributed by atoms with Gasteiger partial charge in [-0.15, -0.1) is 0 Å². The van der Waals surface area contributed by atoms with Crippen LogP contribution < -0.4 is 5.73 Å². The third kappa shape index (κ3) is 2.70. The van der Waals surface area contributed by atoms with E-state index >= 15 is 0 Å². The fraction of sp³-hybridized carbons (Fsp3) is 1.00. The van der Waals surface area contributed by atoms with Crippen LogP contribution in [0.2, 0.25) is 0 Å². The molecular formula is C9H23N. The Hall–Kier alpha value is -0.0400. The summed E-state index contributed by atoms with van der Waals surface area (Å²) in [7, 11) is 0. The lowest BCUT2D eigenvalue weighted by atomic mass is 9.80. The van der Waals surface area contributed by atoms with E-state index in [4.69, 9.17) is 5.73 Å². The Labute approximate surface area is 66.0 Å². The Kier molecular flexibility index (Phi) is 7.22. The monoisotopic (exact) mass is 145 g/mol. The van der Waals surface area contributed by atoms with Gasteiger partial charge in [0.25, 0.3) is 0 Å². The van der Waals surface area contributed by atoms with Crippen molar-refractivity contribution in [3.8, 4) is 0 Å². The lowest BCUT2D eigenvalue weighted by Crippen LogP contribution is -2.28. The minimum atomic E-state index is 0. The van der Waals surface area contributed by atoms with Gasteiger partial charge < -0.3 is 5.73 Å². The molecule has 1 heteroatoms. The summed E-state index contributed by atoms with van der Waals surface area (Å²) in [4.78, 5) is 0. The van der Waals surface area contributed by atoms with Gasteiger partial charge in [-0.25, -0.2) is 0 Å². The van der Waals surface area contributed by atoms with E-state index in [-0.39, 0.29) is 7.43 Å². The van der Waals surface area contributed by atoms with Gasteiger partial charge in [0.2, 0.25) is 0 Å². The summed E-state index contributed by atoms with van der Waals surface area (Å²) >= 11 is 0. The van der Waals surface area contributed by atoms with Gasteiger partial charge in [0, 0.05) is 0 Å². The first kappa shape index (κ1) is 12.6. The van der Waals surface area contributed by atoms with Crippen molar-refractivity contribution in [3.63, 3.8) is 0 Å². The molecule has 0 fully saturated rings. The molecule has 0 aromatic carbocycles. The van der Waals surface area contributed by atoms with E-state index in [1.165, 1.54) is 19.3 Å². The fourth-order valence-corrected chi connectivity index (χ4v) is 1.18. The molecule has 2 N–H and O–H groups in total. The van der Waals surface area contributed by atoms with Crippen LogP contribution in [0.5, 0.6) is 0 Å². The zero-order valence-corrected chi connectivity index (χ0v) is 6.91. The molecule has 0 aliphatic carbocycles. The number of rotatable bonds is 4. The first-order valence-electron chi connectivity index (χ1n) is 3.94. The molecule has 1 nitrogen and oxygen atoms in total. The van der Waals surface area contributed by atoms with Crippen LogP contribution in [0.4, 0.5) is 0 Å². The maximum Gasteiger partial charge on any atom is -0.00208 e. The summed E-state index contributed by atoms with van der Waals surface area (Å²) in [6.07, 6.45) is 3.66. The van der Waals surface area contributed by atoms with Gasteiger partial charge in [-0.1, -0.05) is 28.2 Å². The molecule has 0 radical (unpaired) electrons. The number of hydrogen-bond acceptors (Lipinski definition) is 1.